The third-order valence-corrected chi connectivity index (χ3v) is 5.80. The fraction of sp³-hybridized carbons (Fsp3) is 0.476. The quantitative estimate of drug-likeness (QED) is 0.794. The van der Waals surface area contributed by atoms with Gasteiger partial charge in [-0.3, -0.25) is 9.69 Å². The second-order valence-electron chi connectivity index (χ2n) is 7.27. The summed E-state index contributed by atoms with van der Waals surface area (Å²) in [5.41, 5.74) is 3.45. The molecule has 1 fully saturated rings. The zero-order chi connectivity index (χ0) is 19.2. The molecule has 5 nitrogen and oxygen atoms in total. The van der Waals surface area contributed by atoms with Gasteiger partial charge in [-0.1, -0.05) is 12.1 Å². The summed E-state index contributed by atoms with van der Waals surface area (Å²) in [5.74, 6) is 0.698. The van der Waals surface area contributed by atoms with Gasteiger partial charge in [0.1, 0.15) is 5.75 Å². The van der Waals surface area contributed by atoms with Gasteiger partial charge in [0.25, 0.3) is 5.91 Å². The molecule has 3 rings (SSSR count). The van der Waals surface area contributed by atoms with E-state index >= 15 is 0 Å². The molecule has 27 heavy (non-hydrogen) atoms. The predicted octanol–water partition coefficient (Wildman–Crippen LogP) is 2.85. The first kappa shape index (κ1) is 19.9. The molecule has 1 N–H and O–H groups in total. The zero-order valence-electron chi connectivity index (χ0n) is 16.4. The van der Waals surface area contributed by atoms with Gasteiger partial charge in [-0.25, -0.2) is 0 Å². The molecule has 2 aromatic rings. The average molecular weight is 388 g/mol. The maximum absolute atomic E-state index is 12.4. The lowest BCUT2D eigenvalue weighted by molar-refractivity contribution is -0.123. The maximum atomic E-state index is 12.4. The molecule has 1 atom stereocenters. The smallest absolute Gasteiger partial charge is 0.258 e. The van der Waals surface area contributed by atoms with Crippen molar-refractivity contribution in [2.24, 2.45) is 0 Å². The van der Waals surface area contributed by atoms with Crippen molar-refractivity contribution in [3.8, 4) is 5.75 Å². The standard InChI is InChI=1S/C21H29N3O2S/c1-16-4-5-17(2)20(12-16)26-14-21(25)22-13-19(18-6-11-27-15-18)24-9-7-23(3)8-10-24/h4-6,11-12,15,19H,7-10,13-14H2,1-3H3,(H,22,25). The van der Waals surface area contributed by atoms with E-state index in [0.717, 1.165) is 43.1 Å². The molecular formula is C21H29N3O2S. The number of hydrogen-bond donors (Lipinski definition) is 1. The Balaban J connectivity index is 1.55. The molecule has 1 amide bonds. The normalized spacial score (nSPS) is 16.9. The molecule has 0 saturated carbocycles. The fourth-order valence-electron chi connectivity index (χ4n) is 3.32. The number of amides is 1. The van der Waals surface area contributed by atoms with E-state index in [1.807, 2.05) is 32.0 Å². The average Bonchev–Trinajstić information content (AvgIpc) is 3.18. The zero-order valence-corrected chi connectivity index (χ0v) is 17.2. The van der Waals surface area contributed by atoms with Crippen molar-refractivity contribution >= 4 is 17.2 Å². The molecule has 1 unspecified atom stereocenters. The molecular weight excluding hydrogens is 358 g/mol. The van der Waals surface area contributed by atoms with Gasteiger partial charge in [0, 0.05) is 32.7 Å². The van der Waals surface area contributed by atoms with Crippen molar-refractivity contribution in [2.75, 3.05) is 46.4 Å². The number of carbonyl (C=O) groups excluding carboxylic acids is 1. The minimum atomic E-state index is -0.0785. The Hall–Kier alpha value is -1.89. The Kier molecular flexibility index (Phi) is 6.88. The highest BCUT2D eigenvalue weighted by Crippen LogP contribution is 2.24. The van der Waals surface area contributed by atoms with Gasteiger partial charge in [-0.15, -0.1) is 0 Å². The number of thiophene rings is 1. The molecule has 1 aliphatic rings. The van der Waals surface area contributed by atoms with E-state index in [0.29, 0.717) is 6.54 Å². The highest BCUT2D eigenvalue weighted by molar-refractivity contribution is 7.07. The van der Waals surface area contributed by atoms with Crippen LogP contribution in [0.5, 0.6) is 5.75 Å². The highest BCUT2D eigenvalue weighted by Gasteiger charge is 2.24. The summed E-state index contributed by atoms with van der Waals surface area (Å²) in [6.07, 6.45) is 0. The third kappa shape index (κ3) is 5.54. The van der Waals surface area contributed by atoms with E-state index in [-0.39, 0.29) is 18.6 Å². The van der Waals surface area contributed by atoms with Crippen LogP contribution in [0.3, 0.4) is 0 Å². The first-order chi connectivity index (χ1) is 13.0. The van der Waals surface area contributed by atoms with Gasteiger partial charge in [0.2, 0.25) is 0 Å². The Morgan fingerprint density at radius 1 is 1.22 bits per heavy atom. The molecule has 0 spiro atoms. The van der Waals surface area contributed by atoms with E-state index in [1.165, 1.54) is 5.56 Å². The van der Waals surface area contributed by atoms with Crippen LogP contribution in [0.2, 0.25) is 0 Å². The number of ether oxygens (including phenoxy) is 1. The topological polar surface area (TPSA) is 44.8 Å². The van der Waals surface area contributed by atoms with Gasteiger partial charge < -0.3 is 15.0 Å². The van der Waals surface area contributed by atoms with Crippen molar-refractivity contribution in [1.29, 1.82) is 0 Å². The van der Waals surface area contributed by atoms with Gasteiger partial charge in [-0.05, 0) is 60.5 Å². The Bertz CT molecular complexity index is 740. The van der Waals surface area contributed by atoms with Crippen LogP contribution < -0.4 is 10.1 Å². The van der Waals surface area contributed by atoms with Crippen LogP contribution >= 0.6 is 11.3 Å². The molecule has 2 heterocycles. The molecule has 1 saturated heterocycles. The second kappa shape index (κ2) is 9.35. The summed E-state index contributed by atoms with van der Waals surface area (Å²) in [6.45, 7) is 8.83. The highest BCUT2D eigenvalue weighted by atomic mass is 32.1. The summed E-state index contributed by atoms with van der Waals surface area (Å²) in [4.78, 5) is 17.2. The SMILES string of the molecule is Cc1ccc(C)c(OCC(=O)NCC(c2ccsc2)N2CCN(C)CC2)c1. The molecule has 0 aliphatic carbocycles. The van der Waals surface area contributed by atoms with Crippen molar-refractivity contribution < 1.29 is 9.53 Å². The van der Waals surface area contributed by atoms with E-state index < -0.39 is 0 Å². The van der Waals surface area contributed by atoms with E-state index in [9.17, 15) is 4.79 Å². The molecule has 0 radical (unpaired) electrons. The lowest BCUT2D eigenvalue weighted by atomic mass is 10.1. The number of nitrogens with one attached hydrogen (secondary N) is 1. The molecule has 6 heteroatoms. The second-order valence-corrected chi connectivity index (χ2v) is 8.05. The minimum Gasteiger partial charge on any atom is -0.483 e. The van der Waals surface area contributed by atoms with E-state index in [4.69, 9.17) is 4.74 Å². The first-order valence-electron chi connectivity index (χ1n) is 9.44. The van der Waals surface area contributed by atoms with Crippen molar-refractivity contribution in [3.63, 3.8) is 0 Å². The number of likely N-dealkylation sites (N-methyl/N-ethyl adjacent to an activating group) is 1. The first-order valence-corrected chi connectivity index (χ1v) is 10.4. The summed E-state index contributed by atoms with van der Waals surface area (Å²) >= 11 is 1.70. The third-order valence-electron chi connectivity index (χ3n) is 5.10. The van der Waals surface area contributed by atoms with Crippen LogP contribution in [0.25, 0.3) is 0 Å². The lowest BCUT2D eigenvalue weighted by Gasteiger charge is -2.38. The maximum Gasteiger partial charge on any atom is 0.258 e. The van der Waals surface area contributed by atoms with E-state index in [1.54, 1.807) is 11.3 Å². The van der Waals surface area contributed by atoms with Crippen molar-refractivity contribution in [1.82, 2.24) is 15.1 Å². The largest absolute Gasteiger partial charge is 0.483 e. The van der Waals surface area contributed by atoms with E-state index in [2.05, 4.69) is 39.0 Å². The Labute approximate surface area is 165 Å². The van der Waals surface area contributed by atoms with Crippen molar-refractivity contribution in [3.05, 3.63) is 51.7 Å². The Morgan fingerprint density at radius 3 is 2.70 bits per heavy atom. The summed E-state index contributed by atoms with van der Waals surface area (Å²) in [7, 11) is 2.16. The van der Waals surface area contributed by atoms with Gasteiger partial charge in [-0.2, -0.15) is 11.3 Å². The van der Waals surface area contributed by atoms with Crippen LogP contribution in [0.15, 0.2) is 35.0 Å². The predicted molar refractivity (Wildman–Crippen MR) is 111 cm³/mol. The molecule has 1 aromatic heterocycles. The number of nitrogens with zero attached hydrogens (tertiary/aromatic N) is 2. The monoisotopic (exact) mass is 387 g/mol. The summed E-state index contributed by atoms with van der Waals surface area (Å²) < 4.78 is 5.73. The van der Waals surface area contributed by atoms with Crippen LogP contribution in [0.4, 0.5) is 0 Å². The van der Waals surface area contributed by atoms with Gasteiger partial charge in [0.15, 0.2) is 6.61 Å². The molecule has 0 bridgehead atoms. The summed E-state index contributed by atoms with van der Waals surface area (Å²) in [6, 6.07) is 8.41. The Morgan fingerprint density at radius 2 is 2.00 bits per heavy atom. The van der Waals surface area contributed by atoms with Gasteiger partial charge >= 0.3 is 0 Å². The number of carbonyl (C=O) groups is 1. The van der Waals surface area contributed by atoms with Crippen LogP contribution in [0, 0.1) is 13.8 Å². The van der Waals surface area contributed by atoms with Crippen LogP contribution in [-0.4, -0.2) is 62.1 Å². The molecule has 146 valence electrons. The molecule has 1 aliphatic heterocycles. The number of piperazine rings is 1. The lowest BCUT2D eigenvalue weighted by Crippen LogP contribution is -2.48. The minimum absolute atomic E-state index is 0.0450. The summed E-state index contributed by atoms with van der Waals surface area (Å²) in [5, 5.41) is 7.35. The number of benzene rings is 1. The van der Waals surface area contributed by atoms with Crippen LogP contribution in [-0.2, 0) is 4.79 Å². The van der Waals surface area contributed by atoms with Gasteiger partial charge in [0.05, 0.1) is 6.04 Å². The fourth-order valence-corrected chi connectivity index (χ4v) is 4.03. The number of aryl methyl sites for hydroxylation is 2. The molecule has 1 aromatic carbocycles. The number of hydrogen-bond acceptors (Lipinski definition) is 5. The van der Waals surface area contributed by atoms with Crippen LogP contribution in [0.1, 0.15) is 22.7 Å². The number of rotatable bonds is 7. The van der Waals surface area contributed by atoms with Crippen molar-refractivity contribution in [2.45, 2.75) is 19.9 Å².